The van der Waals surface area contributed by atoms with Gasteiger partial charge in [0.05, 0.1) is 12.4 Å². The molecular formula is C15H13F7N2O3. The number of halogens is 7. The first kappa shape index (κ1) is 19.5. The minimum Gasteiger partial charge on any atom is -0.489 e. The predicted molar refractivity (Wildman–Crippen MR) is 74.2 cm³/mol. The van der Waals surface area contributed by atoms with E-state index in [1.54, 1.807) is 0 Å². The lowest BCUT2D eigenvalue weighted by molar-refractivity contribution is -0.309. The molecule has 1 saturated heterocycles. The molecule has 0 bridgehead atoms. The van der Waals surface area contributed by atoms with Gasteiger partial charge >= 0.3 is 18.4 Å². The number of alkyl halides is 6. The fourth-order valence-corrected chi connectivity index (χ4v) is 3.28. The fraction of sp³-hybridized carbons (Fsp3) is 0.600. The maximum Gasteiger partial charge on any atom is 0.434 e. The van der Waals surface area contributed by atoms with Crippen LogP contribution in [-0.4, -0.2) is 53.6 Å². The Morgan fingerprint density at radius 2 is 1.74 bits per heavy atom. The van der Waals surface area contributed by atoms with Crippen LogP contribution in [0.25, 0.3) is 0 Å². The van der Waals surface area contributed by atoms with Crippen LogP contribution in [0, 0.1) is 11.2 Å². The van der Waals surface area contributed by atoms with Crippen LogP contribution in [0.3, 0.4) is 0 Å². The molecule has 3 rings (SSSR count). The SMILES string of the molecule is O=C(OC(C(F)(F)F)C(F)(F)F)N1CC2(CC(Oc3cncc(F)c3)C2)C1. The first-order valence-electron chi connectivity index (χ1n) is 7.74. The van der Waals surface area contributed by atoms with Crippen LogP contribution in [0.5, 0.6) is 5.75 Å². The Labute approximate surface area is 148 Å². The summed E-state index contributed by atoms with van der Waals surface area (Å²) in [5.41, 5.74) is -0.434. The molecule has 1 saturated carbocycles. The minimum absolute atomic E-state index is 0.0322. The third-order valence-electron chi connectivity index (χ3n) is 4.43. The van der Waals surface area contributed by atoms with Crippen molar-refractivity contribution in [3.63, 3.8) is 0 Å². The predicted octanol–water partition coefficient (Wildman–Crippen LogP) is 3.69. The highest BCUT2D eigenvalue weighted by atomic mass is 19.4. The lowest BCUT2D eigenvalue weighted by atomic mass is 9.62. The Morgan fingerprint density at radius 1 is 1.15 bits per heavy atom. The summed E-state index contributed by atoms with van der Waals surface area (Å²) in [6.07, 6.45) is -14.5. The Bertz CT molecular complexity index is 694. The largest absolute Gasteiger partial charge is 0.489 e. The Kier molecular flexibility index (Phi) is 4.63. The summed E-state index contributed by atoms with van der Waals surface area (Å²) >= 11 is 0. The molecule has 2 heterocycles. The van der Waals surface area contributed by atoms with E-state index in [2.05, 4.69) is 9.72 Å². The highest BCUT2D eigenvalue weighted by Gasteiger charge is 2.61. The van der Waals surface area contributed by atoms with Crippen LogP contribution >= 0.6 is 0 Å². The van der Waals surface area contributed by atoms with Crippen molar-refractivity contribution < 1.29 is 45.0 Å². The Balaban J connectivity index is 1.48. The summed E-state index contributed by atoms with van der Waals surface area (Å²) in [6.45, 7) is -0.0644. The number of carbonyl (C=O) groups excluding carboxylic acids is 1. The molecule has 0 aromatic carbocycles. The molecule has 2 aliphatic rings. The van der Waals surface area contributed by atoms with E-state index in [-0.39, 0.29) is 24.9 Å². The molecule has 1 aromatic rings. The van der Waals surface area contributed by atoms with Crippen LogP contribution in [-0.2, 0) is 4.74 Å². The van der Waals surface area contributed by atoms with E-state index in [0.29, 0.717) is 12.8 Å². The van der Waals surface area contributed by atoms with Gasteiger partial charge in [0.1, 0.15) is 17.7 Å². The van der Waals surface area contributed by atoms with Crippen LogP contribution in [0.1, 0.15) is 12.8 Å². The summed E-state index contributed by atoms with van der Waals surface area (Å²) in [4.78, 5) is 16.0. The average molecular weight is 402 g/mol. The molecule has 0 N–H and O–H groups in total. The van der Waals surface area contributed by atoms with Gasteiger partial charge in [0, 0.05) is 24.6 Å². The van der Waals surface area contributed by atoms with E-state index in [1.165, 1.54) is 6.20 Å². The van der Waals surface area contributed by atoms with Gasteiger partial charge in [-0.05, 0) is 12.8 Å². The molecule has 1 spiro atoms. The maximum atomic E-state index is 13.0. The third-order valence-corrected chi connectivity index (χ3v) is 4.43. The van der Waals surface area contributed by atoms with E-state index in [1.807, 2.05) is 0 Å². The second-order valence-electron chi connectivity index (χ2n) is 6.69. The molecule has 150 valence electrons. The number of nitrogens with zero attached hydrogens (tertiary/aromatic N) is 2. The number of ether oxygens (including phenoxy) is 2. The number of amides is 1. The van der Waals surface area contributed by atoms with E-state index in [4.69, 9.17) is 4.74 Å². The van der Waals surface area contributed by atoms with Gasteiger partial charge in [-0.2, -0.15) is 26.3 Å². The number of likely N-dealkylation sites (tertiary alicyclic amines) is 1. The van der Waals surface area contributed by atoms with E-state index in [0.717, 1.165) is 17.2 Å². The van der Waals surface area contributed by atoms with Gasteiger partial charge in [0.2, 0.25) is 0 Å². The summed E-state index contributed by atoms with van der Waals surface area (Å²) in [5.74, 6) is -0.369. The first-order valence-corrected chi connectivity index (χ1v) is 7.74. The Hall–Kier alpha value is -2.27. The monoisotopic (exact) mass is 402 g/mol. The number of pyridine rings is 1. The van der Waals surface area contributed by atoms with Crippen molar-refractivity contribution in [2.45, 2.75) is 37.4 Å². The standard InChI is InChI=1S/C15H13F7N2O3/c16-8-1-9(5-23-4-8)26-10-2-13(3-10)6-24(7-13)12(25)27-11(14(17,18)19)15(20,21)22/h1,4-5,10-11H,2-3,6-7H2. The van der Waals surface area contributed by atoms with Gasteiger partial charge in [0.15, 0.2) is 0 Å². The smallest absolute Gasteiger partial charge is 0.434 e. The molecule has 12 heteroatoms. The highest BCUT2D eigenvalue weighted by molar-refractivity contribution is 5.69. The zero-order valence-electron chi connectivity index (χ0n) is 13.5. The number of aromatic nitrogens is 1. The van der Waals surface area contributed by atoms with Gasteiger partial charge in [-0.3, -0.25) is 4.98 Å². The van der Waals surface area contributed by atoms with Crippen LogP contribution in [0.2, 0.25) is 0 Å². The molecule has 0 radical (unpaired) electrons. The lowest BCUT2D eigenvalue weighted by Crippen LogP contribution is -2.66. The molecule has 27 heavy (non-hydrogen) atoms. The second kappa shape index (κ2) is 6.41. The van der Waals surface area contributed by atoms with Crippen molar-refractivity contribution in [3.8, 4) is 5.75 Å². The molecule has 0 unspecified atom stereocenters. The molecule has 1 aliphatic carbocycles. The molecule has 1 aromatic heterocycles. The number of carbonyl (C=O) groups is 1. The minimum atomic E-state index is -5.75. The topological polar surface area (TPSA) is 51.7 Å². The zero-order chi connectivity index (χ0) is 20.0. The van der Waals surface area contributed by atoms with Crippen molar-refractivity contribution in [2.24, 2.45) is 5.41 Å². The lowest BCUT2D eigenvalue weighted by Gasteiger charge is -2.57. The second-order valence-corrected chi connectivity index (χ2v) is 6.69. The molecule has 1 aliphatic heterocycles. The van der Waals surface area contributed by atoms with Crippen LogP contribution in [0.4, 0.5) is 35.5 Å². The van der Waals surface area contributed by atoms with Crippen molar-refractivity contribution in [3.05, 3.63) is 24.3 Å². The van der Waals surface area contributed by atoms with Crippen LogP contribution in [0.15, 0.2) is 18.5 Å². The van der Waals surface area contributed by atoms with Gasteiger partial charge in [0.25, 0.3) is 6.10 Å². The van der Waals surface area contributed by atoms with Crippen molar-refractivity contribution in [2.75, 3.05) is 13.1 Å². The molecule has 5 nitrogen and oxygen atoms in total. The average Bonchev–Trinajstić information content (AvgIpc) is 2.43. The van der Waals surface area contributed by atoms with Crippen molar-refractivity contribution >= 4 is 6.09 Å². The normalized spacial score (nSPS) is 19.6. The number of hydrogen-bond donors (Lipinski definition) is 0. The van der Waals surface area contributed by atoms with E-state index >= 15 is 0 Å². The van der Waals surface area contributed by atoms with Gasteiger partial charge in [-0.1, -0.05) is 0 Å². The van der Waals surface area contributed by atoms with Crippen LogP contribution < -0.4 is 4.74 Å². The number of hydrogen-bond acceptors (Lipinski definition) is 4. The number of rotatable bonds is 3. The zero-order valence-corrected chi connectivity index (χ0v) is 13.5. The quantitative estimate of drug-likeness (QED) is 0.724. The van der Waals surface area contributed by atoms with E-state index in [9.17, 15) is 35.5 Å². The highest BCUT2D eigenvalue weighted by Crippen LogP contribution is 2.50. The summed E-state index contributed by atoms with van der Waals surface area (Å²) in [5, 5.41) is 0. The van der Waals surface area contributed by atoms with E-state index < -0.39 is 35.8 Å². The summed E-state index contributed by atoms with van der Waals surface area (Å²) in [6, 6.07) is 1.14. The molecular weight excluding hydrogens is 389 g/mol. The van der Waals surface area contributed by atoms with Gasteiger partial charge in [-0.15, -0.1) is 0 Å². The fourth-order valence-electron chi connectivity index (χ4n) is 3.28. The van der Waals surface area contributed by atoms with Crippen molar-refractivity contribution in [1.29, 1.82) is 0 Å². The molecule has 1 amide bonds. The summed E-state index contributed by atoms with van der Waals surface area (Å²) in [7, 11) is 0. The molecule has 2 fully saturated rings. The van der Waals surface area contributed by atoms with Crippen molar-refractivity contribution in [1.82, 2.24) is 9.88 Å². The first-order chi connectivity index (χ1) is 12.4. The third kappa shape index (κ3) is 4.19. The maximum absolute atomic E-state index is 13.0. The summed E-state index contributed by atoms with van der Waals surface area (Å²) < 4.78 is 96.6. The van der Waals surface area contributed by atoms with Gasteiger partial charge in [-0.25, -0.2) is 9.18 Å². The Morgan fingerprint density at radius 3 is 2.26 bits per heavy atom. The molecule has 0 atom stereocenters. The van der Waals surface area contributed by atoms with Gasteiger partial charge < -0.3 is 14.4 Å².